The second-order valence-corrected chi connectivity index (χ2v) is 8.87. The molecule has 32 heavy (non-hydrogen) atoms. The van der Waals surface area contributed by atoms with Crippen molar-refractivity contribution in [2.75, 3.05) is 17.6 Å². The van der Waals surface area contributed by atoms with Crippen LogP contribution < -0.4 is 10.1 Å². The van der Waals surface area contributed by atoms with E-state index in [0.29, 0.717) is 12.4 Å². The minimum absolute atomic E-state index is 0.232. The summed E-state index contributed by atoms with van der Waals surface area (Å²) in [6.07, 6.45) is 3.48. The molecule has 0 aliphatic carbocycles. The number of aryl methyl sites for hydroxylation is 1. The number of ether oxygens (including phenoxy) is 1. The van der Waals surface area contributed by atoms with Crippen LogP contribution in [0.5, 0.6) is 5.75 Å². The number of fused-ring (bicyclic) bond motifs is 1. The van der Waals surface area contributed by atoms with Gasteiger partial charge in [0.15, 0.2) is 0 Å². The number of alkyl halides is 1. The molecule has 8 heteroatoms. The van der Waals surface area contributed by atoms with E-state index in [0.717, 1.165) is 28.3 Å². The van der Waals surface area contributed by atoms with Crippen molar-refractivity contribution in [2.45, 2.75) is 35.9 Å². The Hall–Kier alpha value is -2.71. The number of halogens is 1. The SMILES string of the molecule is CC(F)CNc1cc2c(cc1OCc1ccc(C(=O)O)cc1)SCC2.Sc1cccnc1. The Morgan fingerprint density at radius 2 is 2.09 bits per heavy atom. The Morgan fingerprint density at radius 3 is 2.69 bits per heavy atom. The van der Waals surface area contributed by atoms with Gasteiger partial charge in [0.25, 0.3) is 0 Å². The van der Waals surface area contributed by atoms with Crippen LogP contribution in [0.4, 0.5) is 10.1 Å². The molecule has 0 saturated heterocycles. The number of pyridine rings is 1. The van der Waals surface area contributed by atoms with E-state index in [-0.39, 0.29) is 12.1 Å². The van der Waals surface area contributed by atoms with Crippen LogP contribution in [0.25, 0.3) is 0 Å². The van der Waals surface area contributed by atoms with Crippen molar-refractivity contribution in [2.24, 2.45) is 0 Å². The fourth-order valence-electron chi connectivity index (χ4n) is 2.97. The van der Waals surface area contributed by atoms with Crippen molar-refractivity contribution in [1.82, 2.24) is 4.98 Å². The van der Waals surface area contributed by atoms with E-state index < -0.39 is 12.1 Å². The average molecular weight is 473 g/mol. The number of hydrogen-bond acceptors (Lipinski definition) is 6. The van der Waals surface area contributed by atoms with Crippen molar-refractivity contribution in [3.8, 4) is 5.75 Å². The van der Waals surface area contributed by atoms with Crippen molar-refractivity contribution in [1.29, 1.82) is 0 Å². The third-order valence-corrected chi connectivity index (χ3v) is 5.97. The quantitative estimate of drug-likeness (QED) is 0.380. The first-order chi connectivity index (χ1) is 15.4. The van der Waals surface area contributed by atoms with Gasteiger partial charge >= 0.3 is 5.97 Å². The zero-order chi connectivity index (χ0) is 22.9. The molecule has 4 rings (SSSR count). The van der Waals surface area contributed by atoms with Gasteiger partial charge in [-0.25, -0.2) is 9.18 Å². The van der Waals surface area contributed by atoms with Gasteiger partial charge in [-0.2, -0.15) is 0 Å². The number of anilines is 1. The number of thioether (sulfide) groups is 1. The largest absolute Gasteiger partial charge is 0.487 e. The minimum Gasteiger partial charge on any atom is -0.487 e. The van der Waals surface area contributed by atoms with E-state index in [1.165, 1.54) is 17.4 Å². The number of carboxylic acid groups (broad SMARTS) is 1. The molecule has 3 aromatic rings. The predicted octanol–water partition coefficient (Wildman–Crippen LogP) is 5.75. The zero-order valence-electron chi connectivity index (χ0n) is 17.6. The molecular weight excluding hydrogens is 447 g/mol. The van der Waals surface area contributed by atoms with Gasteiger partial charge in [-0.15, -0.1) is 24.4 Å². The summed E-state index contributed by atoms with van der Waals surface area (Å²) in [4.78, 5) is 16.8. The summed E-state index contributed by atoms with van der Waals surface area (Å²) >= 11 is 5.82. The van der Waals surface area contributed by atoms with Crippen molar-refractivity contribution < 1.29 is 19.0 Å². The summed E-state index contributed by atoms with van der Waals surface area (Å²) in [5, 5.41) is 12.1. The number of carboxylic acids is 1. The number of rotatable bonds is 7. The van der Waals surface area contributed by atoms with Gasteiger partial charge in [0, 0.05) is 34.5 Å². The van der Waals surface area contributed by atoms with Gasteiger partial charge in [0.05, 0.1) is 11.3 Å². The summed E-state index contributed by atoms with van der Waals surface area (Å²) in [6, 6.07) is 14.4. The smallest absolute Gasteiger partial charge is 0.335 e. The maximum absolute atomic E-state index is 13.2. The Labute approximate surface area is 196 Å². The molecule has 2 heterocycles. The van der Waals surface area contributed by atoms with Gasteiger partial charge in [-0.3, -0.25) is 4.98 Å². The summed E-state index contributed by atoms with van der Waals surface area (Å²) in [5.41, 5.74) is 3.19. The third kappa shape index (κ3) is 7.17. The lowest BCUT2D eigenvalue weighted by Gasteiger charge is -2.16. The molecule has 1 aromatic heterocycles. The molecule has 0 radical (unpaired) electrons. The highest BCUT2D eigenvalue weighted by Gasteiger charge is 2.17. The monoisotopic (exact) mass is 472 g/mol. The van der Waals surface area contributed by atoms with Crippen LogP contribution in [0.15, 0.2) is 70.7 Å². The molecule has 0 amide bonds. The molecule has 1 aliphatic rings. The van der Waals surface area contributed by atoms with E-state index in [1.807, 2.05) is 24.3 Å². The van der Waals surface area contributed by atoms with E-state index in [4.69, 9.17) is 9.84 Å². The Bertz CT molecular complexity index is 1030. The molecule has 0 fully saturated rings. The minimum atomic E-state index is -0.949. The Balaban J connectivity index is 0.000000352. The summed E-state index contributed by atoms with van der Waals surface area (Å²) in [6.45, 7) is 2.07. The number of carbonyl (C=O) groups is 1. The highest BCUT2D eigenvalue weighted by molar-refractivity contribution is 7.99. The summed E-state index contributed by atoms with van der Waals surface area (Å²) in [7, 11) is 0. The second kappa shape index (κ2) is 11.8. The number of aromatic carboxylic acids is 1. The first-order valence-corrected chi connectivity index (χ1v) is 11.6. The fourth-order valence-corrected chi connectivity index (χ4v) is 4.20. The van der Waals surface area contributed by atoms with E-state index in [2.05, 4.69) is 22.9 Å². The van der Waals surface area contributed by atoms with Crippen LogP contribution in [-0.4, -0.2) is 34.5 Å². The number of aromatic nitrogens is 1. The maximum atomic E-state index is 13.2. The normalized spacial score (nSPS) is 12.8. The number of thiol groups is 1. The van der Waals surface area contributed by atoms with Gasteiger partial charge in [-0.1, -0.05) is 12.1 Å². The van der Waals surface area contributed by atoms with E-state index >= 15 is 0 Å². The lowest BCUT2D eigenvalue weighted by Crippen LogP contribution is -2.12. The Kier molecular flexibility index (Phi) is 8.81. The predicted molar refractivity (Wildman–Crippen MR) is 129 cm³/mol. The molecule has 0 spiro atoms. The molecule has 5 nitrogen and oxygen atoms in total. The molecular formula is C24H25FN2O3S2. The highest BCUT2D eigenvalue weighted by Crippen LogP contribution is 2.39. The summed E-state index contributed by atoms with van der Waals surface area (Å²) < 4.78 is 19.1. The van der Waals surface area contributed by atoms with Crippen LogP contribution in [0.2, 0.25) is 0 Å². The standard InChI is InChI=1S/C19H20FNO3S.C5H5NS/c1-12(20)10-21-16-8-15-6-7-25-18(15)9-17(16)24-11-13-2-4-14(5-3-13)19(22)23;7-5-2-1-3-6-4-5/h2-5,8-9,12,21H,6-7,10-11H2,1H3,(H,22,23);1-4,7H. The van der Waals surface area contributed by atoms with Crippen molar-refractivity contribution >= 4 is 36.0 Å². The molecule has 2 aromatic carbocycles. The van der Waals surface area contributed by atoms with Crippen molar-refractivity contribution in [3.63, 3.8) is 0 Å². The molecule has 1 unspecified atom stereocenters. The molecule has 2 N–H and O–H groups in total. The van der Waals surface area contributed by atoms with E-state index in [1.54, 1.807) is 48.4 Å². The third-order valence-electron chi connectivity index (χ3n) is 4.61. The van der Waals surface area contributed by atoms with Crippen LogP contribution in [0.1, 0.15) is 28.4 Å². The Morgan fingerprint density at radius 1 is 1.31 bits per heavy atom. The average Bonchev–Trinajstić information content (AvgIpc) is 3.24. The molecule has 0 bridgehead atoms. The van der Waals surface area contributed by atoms with Crippen LogP contribution in [0.3, 0.4) is 0 Å². The van der Waals surface area contributed by atoms with Crippen molar-refractivity contribution in [3.05, 3.63) is 77.6 Å². The number of nitrogens with zero attached hydrogens (tertiary/aromatic N) is 1. The van der Waals surface area contributed by atoms with Gasteiger partial charge in [0.2, 0.25) is 0 Å². The highest BCUT2D eigenvalue weighted by atomic mass is 32.2. The molecule has 1 atom stereocenters. The molecule has 168 valence electrons. The van der Waals surface area contributed by atoms with Crippen LogP contribution in [0, 0.1) is 0 Å². The lowest BCUT2D eigenvalue weighted by molar-refractivity contribution is 0.0697. The molecule has 1 aliphatic heterocycles. The number of nitrogens with one attached hydrogen (secondary N) is 1. The maximum Gasteiger partial charge on any atom is 0.335 e. The number of hydrogen-bond donors (Lipinski definition) is 3. The first kappa shape index (κ1) is 23.9. The summed E-state index contributed by atoms with van der Waals surface area (Å²) in [5.74, 6) is 0.792. The lowest BCUT2D eigenvalue weighted by atomic mass is 10.1. The first-order valence-electron chi connectivity index (χ1n) is 10.1. The van der Waals surface area contributed by atoms with Gasteiger partial charge in [0.1, 0.15) is 18.5 Å². The van der Waals surface area contributed by atoms with Gasteiger partial charge < -0.3 is 15.2 Å². The van der Waals surface area contributed by atoms with Gasteiger partial charge in [-0.05, 0) is 60.9 Å². The second-order valence-electron chi connectivity index (χ2n) is 7.22. The fraction of sp³-hybridized carbons (Fsp3) is 0.250. The van der Waals surface area contributed by atoms with Crippen LogP contribution >= 0.6 is 24.4 Å². The molecule has 0 saturated carbocycles. The van der Waals surface area contributed by atoms with Crippen LogP contribution in [-0.2, 0) is 13.0 Å². The zero-order valence-corrected chi connectivity index (χ0v) is 19.3. The van der Waals surface area contributed by atoms with E-state index in [9.17, 15) is 9.18 Å². The number of benzene rings is 2. The topological polar surface area (TPSA) is 71.5 Å².